The van der Waals surface area contributed by atoms with Crippen molar-refractivity contribution in [3.8, 4) is 11.4 Å². The van der Waals surface area contributed by atoms with Crippen LogP contribution < -0.4 is 10.9 Å². The maximum absolute atomic E-state index is 12.4. The number of furan rings is 1. The summed E-state index contributed by atoms with van der Waals surface area (Å²) in [5.41, 5.74) is 4.96. The van der Waals surface area contributed by atoms with Crippen molar-refractivity contribution < 1.29 is 23.9 Å². The minimum atomic E-state index is -0.771. The van der Waals surface area contributed by atoms with Crippen molar-refractivity contribution in [1.82, 2.24) is 25.5 Å². The van der Waals surface area contributed by atoms with Gasteiger partial charge in [-0.25, -0.2) is 4.68 Å². The number of nitrogens with one attached hydrogen (secondary N) is 2. The van der Waals surface area contributed by atoms with Crippen molar-refractivity contribution in [1.29, 1.82) is 0 Å². The third-order valence-corrected chi connectivity index (χ3v) is 4.74. The minimum absolute atomic E-state index is 0.0380. The Labute approximate surface area is 171 Å². The average molecular weight is 409 g/mol. The highest BCUT2D eigenvalue weighted by Crippen LogP contribution is 2.21. The van der Waals surface area contributed by atoms with Crippen molar-refractivity contribution in [2.24, 2.45) is 5.92 Å². The molecule has 3 N–H and O–H groups in total. The van der Waals surface area contributed by atoms with Crippen LogP contribution in [0.4, 0.5) is 0 Å². The van der Waals surface area contributed by atoms with E-state index in [0.717, 1.165) is 0 Å². The number of carbonyl (C=O) groups excluding carboxylic acids is 3. The van der Waals surface area contributed by atoms with Crippen LogP contribution in [0.3, 0.4) is 0 Å². The van der Waals surface area contributed by atoms with Gasteiger partial charge in [-0.3, -0.25) is 25.2 Å². The van der Waals surface area contributed by atoms with Gasteiger partial charge in [0.15, 0.2) is 11.4 Å². The Hall–Kier alpha value is -4.08. The molecule has 3 heterocycles. The first-order valence-corrected chi connectivity index (χ1v) is 9.25. The van der Waals surface area contributed by atoms with Gasteiger partial charge in [0.1, 0.15) is 5.76 Å². The Morgan fingerprint density at radius 3 is 2.70 bits per heavy atom. The van der Waals surface area contributed by atoms with Gasteiger partial charge in [0, 0.05) is 13.0 Å². The predicted octanol–water partition coefficient (Wildman–Crippen LogP) is 0.981. The molecule has 1 aliphatic heterocycles. The summed E-state index contributed by atoms with van der Waals surface area (Å²) in [6, 6.07) is 12.4. The van der Waals surface area contributed by atoms with Gasteiger partial charge in [0.05, 0.1) is 30.6 Å². The zero-order valence-corrected chi connectivity index (χ0v) is 15.8. The number of amides is 3. The molecular formula is C20H19N5O5. The van der Waals surface area contributed by atoms with Gasteiger partial charge >= 0.3 is 0 Å². The smallest absolute Gasteiger partial charge is 0.294 e. The number of hydrogen-bond acceptors (Lipinski definition) is 6. The number of carbonyl (C=O) groups is 3. The van der Waals surface area contributed by atoms with Gasteiger partial charge in [-0.05, 0) is 24.3 Å². The molecule has 30 heavy (non-hydrogen) atoms. The average Bonchev–Trinajstić information content (AvgIpc) is 3.48. The van der Waals surface area contributed by atoms with Crippen LogP contribution in [0.2, 0.25) is 0 Å². The largest absolute Gasteiger partial charge is 0.504 e. The molecule has 0 radical (unpaired) electrons. The maximum atomic E-state index is 12.4. The normalized spacial score (nSPS) is 15.9. The summed E-state index contributed by atoms with van der Waals surface area (Å²) in [6.07, 6.45) is 2.86. The standard InChI is InChI=1S/C20H19N5O5/c26-16-12-25(14-5-2-1-3-6-14)23-18(16)20(29)22-21-19(28)13-9-17(27)24(10-13)11-15-7-4-8-30-15/h1-8,12-13,26H,9-11H2,(H,21,28)(H,22,29). The molecule has 10 nitrogen and oxygen atoms in total. The number of hydrazine groups is 1. The summed E-state index contributed by atoms with van der Waals surface area (Å²) in [5, 5.41) is 14.1. The lowest BCUT2D eigenvalue weighted by Gasteiger charge is -2.15. The van der Waals surface area contributed by atoms with E-state index in [1.54, 1.807) is 36.4 Å². The van der Waals surface area contributed by atoms with Gasteiger partial charge in [-0.15, -0.1) is 0 Å². The van der Waals surface area contributed by atoms with E-state index in [4.69, 9.17) is 4.42 Å². The Morgan fingerprint density at radius 2 is 1.97 bits per heavy atom. The Kier molecular flexibility index (Phi) is 5.21. The summed E-state index contributed by atoms with van der Waals surface area (Å²) in [7, 11) is 0. The van der Waals surface area contributed by atoms with E-state index in [2.05, 4.69) is 16.0 Å². The Balaban J connectivity index is 1.33. The molecule has 1 atom stereocenters. The molecule has 3 amide bonds. The second-order valence-corrected chi connectivity index (χ2v) is 6.84. The van der Waals surface area contributed by atoms with E-state index < -0.39 is 17.7 Å². The molecule has 1 aliphatic rings. The SMILES string of the molecule is O=C(NNC(=O)C1CC(=O)N(Cc2ccco2)C1)c1nn(-c2ccccc2)cc1O. The van der Waals surface area contributed by atoms with Crippen molar-refractivity contribution in [2.75, 3.05) is 6.54 Å². The Bertz CT molecular complexity index is 1060. The summed E-state index contributed by atoms with van der Waals surface area (Å²) in [6.45, 7) is 0.502. The number of rotatable bonds is 5. The maximum Gasteiger partial charge on any atom is 0.294 e. The molecule has 2 aromatic heterocycles. The first-order chi connectivity index (χ1) is 14.5. The zero-order valence-electron chi connectivity index (χ0n) is 15.8. The van der Waals surface area contributed by atoms with E-state index in [1.807, 2.05) is 6.07 Å². The van der Waals surface area contributed by atoms with E-state index in [0.29, 0.717) is 11.4 Å². The fourth-order valence-electron chi connectivity index (χ4n) is 3.21. The molecule has 4 rings (SSSR count). The lowest BCUT2D eigenvalue weighted by atomic mass is 10.1. The van der Waals surface area contributed by atoms with Crippen molar-refractivity contribution in [3.63, 3.8) is 0 Å². The molecule has 3 aromatic rings. The number of likely N-dealkylation sites (tertiary alicyclic amines) is 1. The molecule has 154 valence electrons. The van der Waals surface area contributed by atoms with Gasteiger partial charge < -0.3 is 14.4 Å². The molecule has 0 saturated carbocycles. The van der Waals surface area contributed by atoms with Gasteiger partial charge in [0.2, 0.25) is 11.8 Å². The summed E-state index contributed by atoms with van der Waals surface area (Å²) < 4.78 is 6.58. The minimum Gasteiger partial charge on any atom is -0.504 e. The van der Waals surface area contributed by atoms with Crippen molar-refractivity contribution >= 4 is 17.7 Å². The van der Waals surface area contributed by atoms with Gasteiger partial charge in [-0.1, -0.05) is 18.2 Å². The third-order valence-electron chi connectivity index (χ3n) is 4.74. The van der Waals surface area contributed by atoms with Crippen LogP contribution in [0, 0.1) is 5.92 Å². The van der Waals surface area contributed by atoms with Crippen LogP contribution in [0.5, 0.6) is 5.75 Å². The highest BCUT2D eigenvalue weighted by atomic mass is 16.3. The highest BCUT2D eigenvalue weighted by Gasteiger charge is 2.35. The molecule has 1 saturated heterocycles. The van der Waals surface area contributed by atoms with E-state index in [-0.39, 0.29) is 36.9 Å². The van der Waals surface area contributed by atoms with Gasteiger partial charge in [0.25, 0.3) is 5.91 Å². The highest BCUT2D eigenvalue weighted by molar-refractivity contribution is 5.96. The zero-order chi connectivity index (χ0) is 21.1. The molecule has 0 aliphatic carbocycles. The number of para-hydroxylation sites is 1. The molecule has 1 aromatic carbocycles. The van der Waals surface area contributed by atoms with Crippen LogP contribution in [-0.2, 0) is 16.1 Å². The van der Waals surface area contributed by atoms with E-state index in [1.165, 1.54) is 22.0 Å². The van der Waals surface area contributed by atoms with Crippen LogP contribution in [0.1, 0.15) is 22.7 Å². The predicted molar refractivity (Wildman–Crippen MR) is 103 cm³/mol. The van der Waals surface area contributed by atoms with E-state index in [9.17, 15) is 19.5 Å². The third kappa shape index (κ3) is 4.02. The number of benzene rings is 1. The number of hydrogen-bond donors (Lipinski definition) is 3. The molecule has 1 fully saturated rings. The van der Waals surface area contributed by atoms with Gasteiger partial charge in [-0.2, -0.15) is 5.10 Å². The van der Waals surface area contributed by atoms with Crippen LogP contribution in [0.15, 0.2) is 59.3 Å². The second-order valence-electron chi connectivity index (χ2n) is 6.84. The lowest BCUT2D eigenvalue weighted by molar-refractivity contribution is -0.129. The topological polar surface area (TPSA) is 130 Å². The van der Waals surface area contributed by atoms with Crippen LogP contribution in [-0.4, -0.2) is 44.1 Å². The second kappa shape index (κ2) is 8.11. The number of aromatic hydroxyl groups is 1. The number of nitrogens with zero attached hydrogens (tertiary/aromatic N) is 3. The van der Waals surface area contributed by atoms with Crippen LogP contribution in [0.25, 0.3) is 5.69 Å². The molecule has 0 spiro atoms. The summed E-state index contributed by atoms with van der Waals surface area (Å²) >= 11 is 0. The van der Waals surface area contributed by atoms with E-state index >= 15 is 0 Å². The monoisotopic (exact) mass is 409 g/mol. The van der Waals surface area contributed by atoms with Crippen molar-refractivity contribution in [3.05, 3.63) is 66.4 Å². The fraction of sp³-hybridized carbons (Fsp3) is 0.200. The van der Waals surface area contributed by atoms with Crippen molar-refractivity contribution in [2.45, 2.75) is 13.0 Å². The first kappa shape index (κ1) is 19.2. The lowest BCUT2D eigenvalue weighted by Crippen LogP contribution is -2.45. The van der Waals surface area contributed by atoms with Crippen LogP contribution >= 0.6 is 0 Å². The summed E-state index contributed by atoms with van der Waals surface area (Å²) in [4.78, 5) is 38.3. The first-order valence-electron chi connectivity index (χ1n) is 9.25. The quantitative estimate of drug-likeness (QED) is 0.539. The molecular weight excluding hydrogens is 390 g/mol. The molecule has 0 bridgehead atoms. The summed E-state index contributed by atoms with van der Waals surface area (Å²) in [5.74, 6) is -1.75. The molecule has 1 unspecified atom stereocenters. The fourth-order valence-corrected chi connectivity index (χ4v) is 3.21. The molecule has 10 heteroatoms. The Morgan fingerprint density at radius 1 is 1.17 bits per heavy atom. The number of aromatic nitrogens is 2.